The minimum absolute atomic E-state index is 0.00315. The normalized spacial score (nSPS) is 18.3. The Balaban J connectivity index is 2.04. The summed E-state index contributed by atoms with van der Waals surface area (Å²) in [6.45, 7) is 4.61. The summed E-state index contributed by atoms with van der Waals surface area (Å²) in [5, 5.41) is 14.1. The van der Waals surface area contributed by atoms with Gasteiger partial charge in [0.2, 0.25) is 0 Å². The van der Waals surface area contributed by atoms with Gasteiger partial charge in [-0.1, -0.05) is 0 Å². The van der Waals surface area contributed by atoms with Crippen molar-refractivity contribution in [3.05, 3.63) is 28.3 Å². The van der Waals surface area contributed by atoms with Gasteiger partial charge in [0, 0.05) is 36.9 Å². The highest BCUT2D eigenvalue weighted by molar-refractivity contribution is 5.58. The van der Waals surface area contributed by atoms with Gasteiger partial charge < -0.3 is 14.8 Å². The number of nitro benzene ring substituents is 1. The number of ether oxygens (including phenoxy) is 2. The Hall–Kier alpha value is -1.82. The van der Waals surface area contributed by atoms with Crippen LogP contribution in [-0.4, -0.2) is 31.3 Å². The molecule has 1 saturated heterocycles. The summed E-state index contributed by atoms with van der Waals surface area (Å²) in [4.78, 5) is 10.4. The van der Waals surface area contributed by atoms with Gasteiger partial charge in [0.25, 0.3) is 0 Å². The Morgan fingerprint density at radius 1 is 1.58 bits per heavy atom. The first-order valence-corrected chi connectivity index (χ1v) is 6.43. The largest absolute Gasteiger partial charge is 0.487 e. The van der Waals surface area contributed by atoms with Crippen LogP contribution in [0.3, 0.4) is 0 Å². The Morgan fingerprint density at radius 3 is 3.05 bits per heavy atom. The van der Waals surface area contributed by atoms with Crippen molar-refractivity contribution in [1.82, 2.24) is 0 Å². The average Bonchev–Trinajstić information content (AvgIpc) is 2.90. The van der Waals surface area contributed by atoms with E-state index in [2.05, 4.69) is 5.32 Å². The molecule has 1 atom stereocenters. The predicted molar refractivity (Wildman–Crippen MR) is 71.7 cm³/mol. The van der Waals surface area contributed by atoms with Crippen LogP contribution in [-0.2, 0) is 4.74 Å². The highest BCUT2D eigenvalue weighted by Crippen LogP contribution is 2.30. The van der Waals surface area contributed by atoms with E-state index in [0.717, 1.165) is 31.9 Å². The molecular weight excluding hydrogens is 248 g/mol. The van der Waals surface area contributed by atoms with Crippen molar-refractivity contribution in [2.24, 2.45) is 5.92 Å². The molecule has 0 aliphatic carbocycles. The summed E-state index contributed by atoms with van der Waals surface area (Å²) < 4.78 is 10.6. The lowest BCUT2D eigenvalue weighted by molar-refractivity contribution is -0.385. The Morgan fingerprint density at radius 2 is 2.42 bits per heavy atom. The lowest BCUT2D eigenvalue weighted by atomic mass is 10.1. The topological polar surface area (TPSA) is 73.6 Å². The van der Waals surface area contributed by atoms with E-state index < -0.39 is 4.92 Å². The molecule has 1 aromatic carbocycles. The van der Waals surface area contributed by atoms with Crippen LogP contribution in [0.1, 0.15) is 13.3 Å². The maximum atomic E-state index is 10.9. The molecule has 19 heavy (non-hydrogen) atoms. The molecule has 0 spiro atoms. The van der Waals surface area contributed by atoms with Gasteiger partial charge in [-0.3, -0.25) is 10.1 Å². The zero-order valence-corrected chi connectivity index (χ0v) is 10.9. The standard InChI is InChI=1S/C13H18N2O4/c1-2-19-13-7-11(3-4-12(13)15(16)17)14-8-10-5-6-18-9-10/h3-4,7,10,14H,2,5-6,8-9H2,1H3. The number of nitrogens with zero attached hydrogens (tertiary/aromatic N) is 1. The molecule has 104 valence electrons. The van der Waals surface area contributed by atoms with Crippen molar-refractivity contribution in [1.29, 1.82) is 0 Å². The van der Waals surface area contributed by atoms with Gasteiger partial charge in [0.1, 0.15) is 0 Å². The van der Waals surface area contributed by atoms with Crippen molar-refractivity contribution in [2.45, 2.75) is 13.3 Å². The summed E-state index contributed by atoms with van der Waals surface area (Å²) in [7, 11) is 0. The van der Waals surface area contributed by atoms with Crippen LogP contribution < -0.4 is 10.1 Å². The number of nitrogens with one attached hydrogen (secondary N) is 1. The molecule has 0 amide bonds. The molecule has 1 aliphatic rings. The third-order valence-electron chi connectivity index (χ3n) is 3.08. The number of hydrogen-bond acceptors (Lipinski definition) is 5. The first-order valence-electron chi connectivity index (χ1n) is 6.43. The third-order valence-corrected chi connectivity index (χ3v) is 3.08. The molecular formula is C13H18N2O4. The van der Waals surface area contributed by atoms with Gasteiger partial charge in [0.05, 0.1) is 18.1 Å². The van der Waals surface area contributed by atoms with Crippen LogP contribution >= 0.6 is 0 Å². The molecule has 1 heterocycles. The molecule has 0 radical (unpaired) electrons. The van der Waals surface area contributed by atoms with Crippen molar-refractivity contribution in [3.8, 4) is 5.75 Å². The zero-order chi connectivity index (χ0) is 13.7. The van der Waals surface area contributed by atoms with Gasteiger partial charge in [0.15, 0.2) is 5.75 Å². The SMILES string of the molecule is CCOc1cc(NCC2CCOC2)ccc1[N+](=O)[O-]. The molecule has 1 N–H and O–H groups in total. The Bertz CT molecular complexity index is 444. The molecule has 1 aliphatic heterocycles. The van der Waals surface area contributed by atoms with E-state index in [9.17, 15) is 10.1 Å². The van der Waals surface area contributed by atoms with Gasteiger partial charge in [-0.15, -0.1) is 0 Å². The summed E-state index contributed by atoms with van der Waals surface area (Å²) in [5.41, 5.74) is 0.831. The maximum absolute atomic E-state index is 10.9. The molecule has 6 nitrogen and oxygen atoms in total. The summed E-state index contributed by atoms with van der Waals surface area (Å²) in [6.07, 6.45) is 1.05. The fourth-order valence-electron chi connectivity index (χ4n) is 2.05. The van der Waals surface area contributed by atoms with Crippen molar-refractivity contribution >= 4 is 11.4 Å². The van der Waals surface area contributed by atoms with Crippen LogP contribution in [0.5, 0.6) is 5.75 Å². The molecule has 0 aromatic heterocycles. The second-order valence-corrected chi connectivity index (χ2v) is 4.48. The van der Waals surface area contributed by atoms with E-state index in [0.29, 0.717) is 18.3 Å². The van der Waals surface area contributed by atoms with Crippen LogP contribution in [0.15, 0.2) is 18.2 Å². The van der Waals surface area contributed by atoms with E-state index in [1.807, 2.05) is 0 Å². The van der Waals surface area contributed by atoms with Crippen LogP contribution in [0.2, 0.25) is 0 Å². The minimum Gasteiger partial charge on any atom is -0.487 e. The number of benzene rings is 1. The summed E-state index contributed by atoms with van der Waals surface area (Å²) >= 11 is 0. The third kappa shape index (κ3) is 3.57. The number of nitro groups is 1. The summed E-state index contributed by atoms with van der Waals surface area (Å²) in [6, 6.07) is 4.85. The number of rotatable bonds is 6. The Labute approximate surface area is 111 Å². The molecule has 1 aromatic rings. The Kier molecular flexibility index (Phi) is 4.57. The van der Waals surface area contributed by atoms with Gasteiger partial charge in [-0.25, -0.2) is 0 Å². The highest BCUT2D eigenvalue weighted by Gasteiger charge is 2.17. The monoisotopic (exact) mass is 266 g/mol. The lowest BCUT2D eigenvalue weighted by Gasteiger charge is -2.12. The average molecular weight is 266 g/mol. The van der Waals surface area contributed by atoms with Crippen LogP contribution in [0.4, 0.5) is 11.4 Å². The molecule has 6 heteroatoms. The van der Waals surface area contributed by atoms with E-state index in [4.69, 9.17) is 9.47 Å². The van der Waals surface area contributed by atoms with Gasteiger partial charge in [-0.2, -0.15) is 0 Å². The minimum atomic E-state index is -0.431. The number of hydrogen-bond donors (Lipinski definition) is 1. The molecule has 1 fully saturated rings. The zero-order valence-electron chi connectivity index (χ0n) is 10.9. The van der Waals surface area contributed by atoms with E-state index >= 15 is 0 Å². The van der Waals surface area contributed by atoms with Crippen molar-refractivity contribution < 1.29 is 14.4 Å². The second-order valence-electron chi connectivity index (χ2n) is 4.48. The predicted octanol–water partition coefficient (Wildman–Crippen LogP) is 2.44. The summed E-state index contributed by atoms with van der Waals surface area (Å²) in [5.74, 6) is 0.811. The van der Waals surface area contributed by atoms with E-state index in [1.165, 1.54) is 6.07 Å². The number of anilines is 1. The van der Waals surface area contributed by atoms with E-state index in [-0.39, 0.29) is 5.69 Å². The molecule has 1 unspecified atom stereocenters. The quantitative estimate of drug-likeness (QED) is 0.632. The van der Waals surface area contributed by atoms with Gasteiger partial charge in [-0.05, 0) is 19.4 Å². The van der Waals surface area contributed by atoms with Crippen LogP contribution in [0, 0.1) is 16.0 Å². The van der Waals surface area contributed by atoms with Crippen molar-refractivity contribution in [3.63, 3.8) is 0 Å². The molecule has 2 rings (SSSR count). The smallest absolute Gasteiger partial charge is 0.311 e. The molecule has 0 saturated carbocycles. The fraction of sp³-hybridized carbons (Fsp3) is 0.538. The fourth-order valence-corrected chi connectivity index (χ4v) is 2.05. The highest BCUT2D eigenvalue weighted by atomic mass is 16.6. The molecule has 0 bridgehead atoms. The van der Waals surface area contributed by atoms with Gasteiger partial charge >= 0.3 is 5.69 Å². The first kappa shape index (κ1) is 13.6. The lowest BCUT2D eigenvalue weighted by Crippen LogP contribution is -2.14. The van der Waals surface area contributed by atoms with Crippen molar-refractivity contribution in [2.75, 3.05) is 31.7 Å². The van der Waals surface area contributed by atoms with Crippen LogP contribution in [0.25, 0.3) is 0 Å². The first-order chi connectivity index (χ1) is 9.20. The maximum Gasteiger partial charge on any atom is 0.311 e. The second kappa shape index (κ2) is 6.38. The van der Waals surface area contributed by atoms with E-state index in [1.54, 1.807) is 19.1 Å².